The van der Waals surface area contributed by atoms with Crippen LogP contribution in [-0.4, -0.2) is 21.8 Å². The lowest BCUT2D eigenvalue weighted by Gasteiger charge is -2.05. The Morgan fingerprint density at radius 1 is 1.30 bits per heavy atom. The Balaban J connectivity index is 2.03. The number of nitrogens with zero attached hydrogens (tertiary/aromatic N) is 2. The number of benzene rings is 1. The summed E-state index contributed by atoms with van der Waals surface area (Å²) in [6, 6.07) is 6.69. The highest BCUT2D eigenvalue weighted by Crippen LogP contribution is 2.06. The first-order valence-corrected chi connectivity index (χ1v) is 6.08. The Morgan fingerprint density at radius 3 is 2.80 bits per heavy atom. The number of nitrogens with one attached hydrogen (secondary N) is 1. The molecule has 1 aromatic heterocycles. The fraction of sp³-hybridized carbons (Fsp3) is 0.0769. The van der Waals surface area contributed by atoms with E-state index in [-0.39, 0.29) is 17.4 Å². The lowest BCUT2D eigenvalue weighted by Crippen LogP contribution is -2.24. The summed E-state index contributed by atoms with van der Waals surface area (Å²) in [5.74, 6) is -0.914. The molecular formula is C13H11ClN4O2. The molecule has 0 fully saturated rings. The fourth-order valence-corrected chi connectivity index (χ4v) is 1.71. The van der Waals surface area contributed by atoms with Crippen molar-refractivity contribution >= 4 is 23.4 Å². The molecule has 2 rings (SSSR count). The van der Waals surface area contributed by atoms with E-state index in [4.69, 9.17) is 17.3 Å². The van der Waals surface area contributed by atoms with Crippen molar-refractivity contribution in [3.63, 3.8) is 0 Å². The molecule has 0 unspecified atom stereocenters. The van der Waals surface area contributed by atoms with Crippen LogP contribution in [0.15, 0.2) is 36.7 Å². The summed E-state index contributed by atoms with van der Waals surface area (Å²) in [6.45, 7) is 0.244. The van der Waals surface area contributed by atoms with Gasteiger partial charge in [0.25, 0.3) is 5.91 Å². The first-order valence-electron chi connectivity index (χ1n) is 5.71. The molecule has 0 aliphatic rings. The first kappa shape index (κ1) is 14.0. The minimum atomic E-state index is -0.515. The van der Waals surface area contributed by atoms with Crippen LogP contribution in [-0.2, 0) is 6.54 Å². The molecule has 3 N–H and O–H groups in total. The van der Waals surface area contributed by atoms with Gasteiger partial charge in [0, 0.05) is 12.1 Å². The summed E-state index contributed by atoms with van der Waals surface area (Å²) in [5, 5.41) is 2.80. The Morgan fingerprint density at radius 2 is 2.10 bits per heavy atom. The quantitative estimate of drug-likeness (QED) is 0.883. The van der Waals surface area contributed by atoms with Gasteiger partial charge in [0.15, 0.2) is 0 Å². The molecule has 2 amide bonds. The van der Waals surface area contributed by atoms with Crippen molar-refractivity contribution in [3.8, 4) is 0 Å². The van der Waals surface area contributed by atoms with Crippen LogP contribution in [0.4, 0.5) is 0 Å². The van der Waals surface area contributed by atoms with Gasteiger partial charge in [0.1, 0.15) is 10.8 Å². The zero-order valence-corrected chi connectivity index (χ0v) is 11.1. The van der Waals surface area contributed by atoms with Gasteiger partial charge in [-0.3, -0.25) is 14.6 Å². The van der Waals surface area contributed by atoms with Crippen LogP contribution < -0.4 is 11.1 Å². The van der Waals surface area contributed by atoms with Crippen LogP contribution in [0.5, 0.6) is 0 Å². The molecule has 0 saturated carbocycles. The molecule has 0 aliphatic carbocycles. The molecule has 0 radical (unpaired) electrons. The van der Waals surface area contributed by atoms with Gasteiger partial charge in [0.2, 0.25) is 5.91 Å². The third-order valence-corrected chi connectivity index (χ3v) is 2.68. The maximum Gasteiger partial charge on any atom is 0.271 e. The minimum absolute atomic E-state index is 0.128. The predicted molar refractivity (Wildman–Crippen MR) is 73.2 cm³/mol. The van der Waals surface area contributed by atoms with Gasteiger partial charge >= 0.3 is 0 Å². The van der Waals surface area contributed by atoms with E-state index in [1.807, 2.05) is 0 Å². The Kier molecular flexibility index (Phi) is 4.27. The molecule has 20 heavy (non-hydrogen) atoms. The van der Waals surface area contributed by atoms with Crippen LogP contribution in [0.1, 0.15) is 26.4 Å². The molecule has 0 bridgehead atoms. The molecule has 0 atom stereocenters. The monoisotopic (exact) mass is 290 g/mol. The van der Waals surface area contributed by atoms with Crippen LogP contribution in [0.25, 0.3) is 0 Å². The predicted octanol–water partition coefficient (Wildman–Crippen LogP) is 1.16. The zero-order chi connectivity index (χ0) is 14.5. The third-order valence-electron chi connectivity index (χ3n) is 2.50. The van der Waals surface area contributed by atoms with Crippen LogP contribution in [0.3, 0.4) is 0 Å². The molecule has 102 valence electrons. The van der Waals surface area contributed by atoms with E-state index in [2.05, 4.69) is 15.3 Å². The van der Waals surface area contributed by atoms with E-state index in [1.165, 1.54) is 12.4 Å². The number of primary amides is 1. The van der Waals surface area contributed by atoms with Crippen molar-refractivity contribution in [3.05, 3.63) is 58.6 Å². The number of amides is 2. The Labute approximate surface area is 120 Å². The van der Waals surface area contributed by atoms with E-state index in [0.717, 1.165) is 5.56 Å². The molecule has 6 nitrogen and oxygen atoms in total. The normalized spacial score (nSPS) is 10.1. The highest BCUT2D eigenvalue weighted by molar-refractivity contribution is 6.29. The van der Waals surface area contributed by atoms with Crippen LogP contribution in [0.2, 0.25) is 5.15 Å². The lowest BCUT2D eigenvalue weighted by molar-refractivity contribution is 0.0945. The second-order valence-corrected chi connectivity index (χ2v) is 4.36. The molecular weight excluding hydrogens is 280 g/mol. The van der Waals surface area contributed by atoms with Crippen molar-refractivity contribution in [2.75, 3.05) is 0 Å². The van der Waals surface area contributed by atoms with E-state index in [1.54, 1.807) is 24.3 Å². The van der Waals surface area contributed by atoms with Gasteiger partial charge in [-0.05, 0) is 17.7 Å². The second-order valence-electron chi connectivity index (χ2n) is 3.97. The number of rotatable bonds is 4. The highest BCUT2D eigenvalue weighted by Gasteiger charge is 2.08. The van der Waals surface area contributed by atoms with Gasteiger partial charge in [-0.15, -0.1) is 0 Å². The van der Waals surface area contributed by atoms with Gasteiger partial charge in [-0.25, -0.2) is 4.98 Å². The molecule has 0 spiro atoms. The maximum atomic E-state index is 11.8. The van der Waals surface area contributed by atoms with Gasteiger partial charge in [-0.1, -0.05) is 23.7 Å². The number of nitrogens with two attached hydrogens (primary N) is 1. The van der Waals surface area contributed by atoms with Crippen LogP contribution in [0, 0.1) is 0 Å². The highest BCUT2D eigenvalue weighted by atomic mass is 35.5. The molecule has 0 saturated heterocycles. The Hall–Kier alpha value is -2.47. The summed E-state index contributed by atoms with van der Waals surface area (Å²) < 4.78 is 0. The number of carbonyl (C=O) groups excluding carboxylic acids is 2. The largest absolute Gasteiger partial charge is 0.366 e. The van der Waals surface area contributed by atoms with Crippen molar-refractivity contribution in [1.29, 1.82) is 0 Å². The SMILES string of the molecule is NC(=O)c1cccc(CNC(=O)c2cncc(Cl)n2)c1. The average Bonchev–Trinajstić information content (AvgIpc) is 2.45. The van der Waals surface area contributed by atoms with E-state index in [0.29, 0.717) is 5.56 Å². The summed E-state index contributed by atoms with van der Waals surface area (Å²) >= 11 is 5.66. The fourth-order valence-electron chi connectivity index (χ4n) is 1.56. The number of hydrogen-bond donors (Lipinski definition) is 2. The van der Waals surface area contributed by atoms with Gasteiger partial charge < -0.3 is 11.1 Å². The molecule has 1 aromatic carbocycles. The summed E-state index contributed by atoms with van der Waals surface area (Å²) in [7, 11) is 0. The zero-order valence-electron chi connectivity index (χ0n) is 10.3. The van der Waals surface area contributed by atoms with Gasteiger partial charge in [0.05, 0.1) is 12.4 Å². The van der Waals surface area contributed by atoms with E-state index < -0.39 is 11.8 Å². The summed E-state index contributed by atoms with van der Waals surface area (Å²) in [6.07, 6.45) is 2.66. The minimum Gasteiger partial charge on any atom is -0.366 e. The molecule has 1 heterocycles. The lowest BCUT2D eigenvalue weighted by atomic mass is 10.1. The van der Waals surface area contributed by atoms with Crippen molar-refractivity contribution in [2.24, 2.45) is 5.73 Å². The maximum absolute atomic E-state index is 11.8. The first-order chi connectivity index (χ1) is 9.56. The van der Waals surface area contributed by atoms with Crippen molar-refractivity contribution < 1.29 is 9.59 Å². The van der Waals surface area contributed by atoms with Gasteiger partial charge in [-0.2, -0.15) is 0 Å². The van der Waals surface area contributed by atoms with Crippen LogP contribution >= 0.6 is 11.6 Å². The molecule has 2 aromatic rings. The van der Waals surface area contributed by atoms with E-state index in [9.17, 15) is 9.59 Å². The van der Waals surface area contributed by atoms with E-state index >= 15 is 0 Å². The molecule has 7 heteroatoms. The number of hydrogen-bond acceptors (Lipinski definition) is 4. The van der Waals surface area contributed by atoms with Crippen molar-refractivity contribution in [1.82, 2.24) is 15.3 Å². The number of carbonyl (C=O) groups is 2. The standard InChI is InChI=1S/C13H11ClN4O2/c14-11-7-16-6-10(18-11)13(20)17-5-8-2-1-3-9(4-8)12(15)19/h1-4,6-7H,5H2,(H2,15,19)(H,17,20). The number of halogens is 1. The third kappa shape index (κ3) is 3.52. The van der Waals surface area contributed by atoms with Crippen molar-refractivity contribution in [2.45, 2.75) is 6.54 Å². The summed E-state index contributed by atoms with van der Waals surface area (Å²) in [5.41, 5.74) is 6.46. The second kappa shape index (κ2) is 6.12. The smallest absolute Gasteiger partial charge is 0.271 e. The average molecular weight is 291 g/mol. The Bertz CT molecular complexity index is 660. The topological polar surface area (TPSA) is 98.0 Å². The number of aromatic nitrogens is 2. The summed E-state index contributed by atoms with van der Waals surface area (Å²) in [4.78, 5) is 30.5. The molecule has 0 aliphatic heterocycles.